The van der Waals surface area contributed by atoms with Gasteiger partial charge in [0, 0.05) is 12.3 Å². The highest BCUT2D eigenvalue weighted by molar-refractivity contribution is 6.32. The van der Waals surface area contributed by atoms with Crippen LogP contribution in [0.1, 0.15) is 16.1 Å². The summed E-state index contributed by atoms with van der Waals surface area (Å²) in [4.78, 5) is 28.2. The van der Waals surface area contributed by atoms with Gasteiger partial charge >= 0.3 is 12.1 Å². The Hall–Kier alpha value is -3.39. The first kappa shape index (κ1) is 18.4. The Bertz CT molecular complexity index is 959. The van der Waals surface area contributed by atoms with E-state index in [1.807, 2.05) is 30.3 Å². The molecule has 1 amide bonds. The molecule has 27 heavy (non-hydrogen) atoms. The van der Waals surface area contributed by atoms with E-state index in [1.165, 1.54) is 24.1 Å². The molecule has 0 unspecified atom stereocenters. The van der Waals surface area contributed by atoms with Gasteiger partial charge in [-0.2, -0.15) is 0 Å². The van der Waals surface area contributed by atoms with Crippen molar-refractivity contribution in [2.24, 2.45) is 0 Å². The van der Waals surface area contributed by atoms with Gasteiger partial charge in [0.05, 0.1) is 12.1 Å². The van der Waals surface area contributed by atoms with Crippen molar-refractivity contribution in [2.45, 2.75) is 6.61 Å². The van der Waals surface area contributed by atoms with Crippen molar-refractivity contribution in [1.29, 1.82) is 0 Å². The van der Waals surface area contributed by atoms with Crippen LogP contribution in [0.25, 0.3) is 5.82 Å². The number of halogens is 1. The number of nitrogens with zero attached hydrogens (tertiary/aromatic N) is 3. The van der Waals surface area contributed by atoms with Gasteiger partial charge in [-0.05, 0) is 17.7 Å². The first-order valence-electron chi connectivity index (χ1n) is 7.85. The fourth-order valence-electron chi connectivity index (χ4n) is 2.25. The van der Waals surface area contributed by atoms with Crippen molar-refractivity contribution in [1.82, 2.24) is 14.8 Å². The number of methoxy groups -OCH3 is 1. The zero-order valence-electron chi connectivity index (χ0n) is 14.3. The summed E-state index contributed by atoms with van der Waals surface area (Å²) in [7, 11) is 1.24. The predicted octanol–water partition coefficient (Wildman–Crippen LogP) is 3.46. The fourth-order valence-corrected chi connectivity index (χ4v) is 2.45. The highest BCUT2D eigenvalue weighted by atomic mass is 35.5. The molecule has 8 nitrogen and oxygen atoms in total. The Kier molecular flexibility index (Phi) is 5.68. The van der Waals surface area contributed by atoms with Crippen molar-refractivity contribution in [3.63, 3.8) is 0 Å². The third kappa shape index (κ3) is 4.42. The second-order valence-corrected chi connectivity index (χ2v) is 5.72. The lowest BCUT2D eigenvalue weighted by Crippen LogP contribution is -2.14. The number of carbonyl (C=O) groups is 2. The van der Waals surface area contributed by atoms with E-state index in [-0.39, 0.29) is 29.0 Å². The number of anilines is 1. The van der Waals surface area contributed by atoms with Crippen LogP contribution >= 0.6 is 11.6 Å². The molecule has 0 saturated heterocycles. The van der Waals surface area contributed by atoms with Gasteiger partial charge in [-0.3, -0.25) is 5.32 Å². The molecule has 0 aliphatic carbocycles. The predicted molar refractivity (Wildman–Crippen MR) is 98.0 cm³/mol. The third-order valence-corrected chi connectivity index (χ3v) is 3.78. The van der Waals surface area contributed by atoms with Gasteiger partial charge in [-0.15, -0.1) is 5.10 Å². The van der Waals surface area contributed by atoms with E-state index in [2.05, 4.69) is 15.4 Å². The molecular formula is C18H15ClN4O4. The lowest BCUT2D eigenvalue weighted by atomic mass is 10.2. The number of ether oxygens (including phenoxy) is 2. The first-order chi connectivity index (χ1) is 13.1. The monoisotopic (exact) mass is 386 g/mol. The van der Waals surface area contributed by atoms with E-state index in [0.29, 0.717) is 0 Å². The Morgan fingerprint density at radius 2 is 1.96 bits per heavy atom. The summed E-state index contributed by atoms with van der Waals surface area (Å²) >= 11 is 6.12. The van der Waals surface area contributed by atoms with E-state index < -0.39 is 12.1 Å². The number of nitrogens with one attached hydrogen (secondary N) is 1. The van der Waals surface area contributed by atoms with Crippen molar-refractivity contribution in [3.8, 4) is 5.82 Å². The highest BCUT2D eigenvalue weighted by Crippen LogP contribution is 2.21. The van der Waals surface area contributed by atoms with Gasteiger partial charge in [0.15, 0.2) is 17.3 Å². The van der Waals surface area contributed by atoms with Crippen molar-refractivity contribution in [3.05, 3.63) is 71.0 Å². The van der Waals surface area contributed by atoms with Crippen molar-refractivity contribution < 1.29 is 19.1 Å². The molecule has 3 rings (SSSR count). The Morgan fingerprint density at radius 1 is 1.19 bits per heavy atom. The van der Waals surface area contributed by atoms with Crippen LogP contribution in [0.3, 0.4) is 0 Å². The van der Waals surface area contributed by atoms with Crippen molar-refractivity contribution in [2.75, 3.05) is 12.4 Å². The van der Waals surface area contributed by atoms with E-state index in [9.17, 15) is 9.59 Å². The SMILES string of the molecule is COC(=O)c1cc(NC(=O)OCc2ccccc2)nn1-c1ncccc1Cl. The normalized spacial score (nSPS) is 10.3. The van der Waals surface area contributed by atoms with Gasteiger partial charge in [0.2, 0.25) is 0 Å². The molecule has 138 valence electrons. The van der Waals surface area contributed by atoms with Gasteiger partial charge in [0.25, 0.3) is 0 Å². The second kappa shape index (κ2) is 8.33. The minimum absolute atomic E-state index is 0.0523. The van der Waals surface area contributed by atoms with E-state index in [1.54, 1.807) is 12.1 Å². The number of hydrogen-bond donors (Lipinski definition) is 1. The zero-order chi connectivity index (χ0) is 19.2. The molecule has 2 aromatic heterocycles. The van der Waals surface area contributed by atoms with Gasteiger partial charge in [0.1, 0.15) is 6.61 Å². The summed E-state index contributed by atoms with van der Waals surface area (Å²) in [5, 5.41) is 6.91. The summed E-state index contributed by atoms with van der Waals surface area (Å²) in [6.45, 7) is 0.101. The highest BCUT2D eigenvalue weighted by Gasteiger charge is 2.20. The van der Waals surface area contributed by atoms with Crippen LogP contribution in [-0.2, 0) is 16.1 Å². The van der Waals surface area contributed by atoms with Crippen LogP contribution < -0.4 is 5.32 Å². The minimum atomic E-state index is -0.716. The van der Waals surface area contributed by atoms with Crippen LogP contribution in [0.2, 0.25) is 5.02 Å². The third-order valence-electron chi connectivity index (χ3n) is 3.49. The second-order valence-electron chi connectivity index (χ2n) is 5.31. The quantitative estimate of drug-likeness (QED) is 0.675. The average Bonchev–Trinajstić information content (AvgIpc) is 3.10. The molecule has 0 radical (unpaired) electrons. The number of esters is 1. The molecule has 1 aromatic carbocycles. The molecule has 0 spiro atoms. The van der Waals surface area contributed by atoms with Crippen LogP contribution in [0, 0.1) is 0 Å². The van der Waals surface area contributed by atoms with Crippen LogP contribution in [0.15, 0.2) is 54.7 Å². The number of benzene rings is 1. The van der Waals surface area contributed by atoms with Crippen LogP contribution in [-0.4, -0.2) is 33.9 Å². The average molecular weight is 387 g/mol. The van der Waals surface area contributed by atoms with Gasteiger partial charge in [-0.1, -0.05) is 41.9 Å². The lowest BCUT2D eigenvalue weighted by Gasteiger charge is -2.06. The fraction of sp³-hybridized carbons (Fsp3) is 0.111. The molecule has 1 N–H and O–H groups in total. The summed E-state index contributed by atoms with van der Waals surface area (Å²) in [5.41, 5.74) is 0.894. The Labute approximate surface area is 159 Å². The number of aromatic nitrogens is 3. The maximum atomic E-state index is 12.0. The molecule has 9 heteroatoms. The smallest absolute Gasteiger partial charge is 0.413 e. The topological polar surface area (TPSA) is 95.3 Å². The maximum absolute atomic E-state index is 12.0. The van der Waals surface area contributed by atoms with Crippen LogP contribution in [0.5, 0.6) is 0 Å². The number of rotatable bonds is 5. The van der Waals surface area contributed by atoms with Gasteiger partial charge < -0.3 is 9.47 Å². The Balaban J connectivity index is 1.79. The Morgan fingerprint density at radius 3 is 2.67 bits per heavy atom. The summed E-state index contributed by atoms with van der Waals surface area (Å²) in [6.07, 6.45) is 0.789. The standard InChI is InChI=1S/C18H15ClN4O4/c1-26-17(24)14-10-15(22-23(14)16-13(19)8-5-9-20-16)21-18(25)27-11-12-6-3-2-4-7-12/h2-10H,11H2,1H3,(H,21,22,25). The number of carbonyl (C=O) groups excluding carboxylic acids is 2. The molecule has 0 atom stereocenters. The van der Waals surface area contributed by atoms with Crippen LogP contribution in [0.4, 0.5) is 10.6 Å². The summed E-state index contributed by atoms with van der Waals surface area (Å²) in [6, 6.07) is 13.8. The first-order valence-corrected chi connectivity index (χ1v) is 8.23. The molecule has 0 fully saturated rings. The molecule has 0 aliphatic heterocycles. The minimum Gasteiger partial charge on any atom is -0.464 e. The molecule has 0 aliphatic rings. The number of pyridine rings is 1. The lowest BCUT2D eigenvalue weighted by molar-refractivity contribution is 0.0590. The van der Waals surface area contributed by atoms with Gasteiger partial charge in [-0.25, -0.2) is 19.3 Å². The molecule has 0 bridgehead atoms. The zero-order valence-corrected chi connectivity index (χ0v) is 15.0. The maximum Gasteiger partial charge on any atom is 0.413 e. The molecular weight excluding hydrogens is 372 g/mol. The van der Waals surface area contributed by atoms with E-state index in [0.717, 1.165) is 5.56 Å². The molecule has 0 saturated carbocycles. The molecule has 2 heterocycles. The summed E-state index contributed by atoms with van der Waals surface area (Å²) in [5.74, 6) is -0.338. The largest absolute Gasteiger partial charge is 0.464 e. The number of hydrogen-bond acceptors (Lipinski definition) is 6. The molecule has 3 aromatic rings. The summed E-state index contributed by atoms with van der Waals surface area (Å²) < 4.78 is 11.1. The number of amides is 1. The van der Waals surface area contributed by atoms with Crippen molar-refractivity contribution >= 4 is 29.5 Å². The van der Waals surface area contributed by atoms with E-state index >= 15 is 0 Å². The van der Waals surface area contributed by atoms with E-state index in [4.69, 9.17) is 21.1 Å².